The molecule has 4 nitrogen and oxygen atoms in total. The summed E-state index contributed by atoms with van der Waals surface area (Å²) in [6.45, 7) is 2.16. The van der Waals surface area contributed by atoms with Gasteiger partial charge in [0.15, 0.2) is 0 Å². The van der Waals surface area contributed by atoms with Crippen LogP contribution >= 0.6 is 0 Å². The summed E-state index contributed by atoms with van der Waals surface area (Å²) in [5, 5.41) is 28.4. The molecular formula is C18H22O4. The van der Waals surface area contributed by atoms with Crippen molar-refractivity contribution in [1.82, 2.24) is 0 Å². The van der Waals surface area contributed by atoms with Gasteiger partial charge in [-0.05, 0) is 25.0 Å². The van der Waals surface area contributed by atoms with Crippen LogP contribution in [0.3, 0.4) is 0 Å². The van der Waals surface area contributed by atoms with Gasteiger partial charge >= 0.3 is 5.97 Å². The van der Waals surface area contributed by atoms with Gasteiger partial charge in [0, 0.05) is 5.56 Å². The Labute approximate surface area is 130 Å². The minimum atomic E-state index is -1.28. The molecule has 0 radical (unpaired) electrons. The summed E-state index contributed by atoms with van der Waals surface area (Å²) in [6.07, 6.45) is 15.3. The molecule has 0 heterocycles. The molecule has 0 fully saturated rings. The van der Waals surface area contributed by atoms with Crippen molar-refractivity contribution in [2.45, 2.75) is 32.6 Å². The fraction of sp³-hybridized carbons (Fsp3) is 0.278. The number of carbonyl (C=O) groups is 1. The van der Waals surface area contributed by atoms with E-state index in [0.29, 0.717) is 0 Å². The third-order valence-electron chi connectivity index (χ3n) is 3.12. The van der Waals surface area contributed by atoms with Crippen molar-refractivity contribution in [2.24, 2.45) is 0 Å². The second-order valence-electron chi connectivity index (χ2n) is 4.87. The van der Waals surface area contributed by atoms with Gasteiger partial charge in [0.2, 0.25) is 0 Å². The predicted octanol–water partition coefficient (Wildman–Crippen LogP) is 4.50. The molecule has 1 rings (SSSR count). The molecule has 0 aliphatic heterocycles. The molecule has 22 heavy (non-hydrogen) atoms. The van der Waals surface area contributed by atoms with Crippen LogP contribution in [0.4, 0.5) is 0 Å². The zero-order chi connectivity index (χ0) is 16.4. The summed E-state index contributed by atoms with van der Waals surface area (Å²) in [7, 11) is 0. The first-order chi connectivity index (χ1) is 10.6. The Morgan fingerprint density at radius 3 is 2.41 bits per heavy atom. The Morgan fingerprint density at radius 2 is 1.73 bits per heavy atom. The van der Waals surface area contributed by atoms with E-state index in [0.717, 1.165) is 12.5 Å². The Hall–Kier alpha value is -2.49. The molecule has 0 saturated heterocycles. The maximum atomic E-state index is 11.1. The van der Waals surface area contributed by atoms with Crippen molar-refractivity contribution in [1.29, 1.82) is 0 Å². The lowest BCUT2D eigenvalue weighted by atomic mass is 10.0. The van der Waals surface area contributed by atoms with E-state index in [1.807, 2.05) is 12.2 Å². The van der Waals surface area contributed by atoms with Gasteiger partial charge in [-0.3, -0.25) is 0 Å². The highest BCUT2D eigenvalue weighted by molar-refractivity contribution is 5.96. The van der Waals surface area contributed by atoms with Crippen LogP contribution < -0.4 is 0 Å². The average molecular weight is 302 g/mol. The highest BCUT2D eigenvalue weighted by Crippen LogP contribution is 2.30. The number of phenolic OH excluding ortho intramolecular Hbond substituents is 1. The molecule has 0 aromatic heterocycles. The second-order valence-corrected chi connectivity index (χ2v) is 4.87. The average Bonchev–Trinajstić information content (AvgIpc) is 2.48. The summed E-state index contributed by atoms with van der Waals surface area (Å²) in [4.78, 5) is 11.1. The third kappa shape index (κ3) is 5.48. The van der Waals surface area contributed by atoms with Gasteiger partial charge in [-0.2, -0.15) is 0 Å². The number of hydrogen-bond donors (Lipinski definition) is 3. The van der Waals surface area contributed by atoms with Gasteiger partial charge in [-0.1, -0.05) is 56.2 Å². The maximum Gasteiger partial charge on any atom is 0.340 e. The number of benzene rings is 1. The van der Waals surface area contributed by atoms with E-state index in [1.165, 1.54) is 31.4 Å². The van der Waals surface area contributed by atoms with E-state index in [9.17, 15) is 15.0 Å². The first-order valence-electron chi connectivity index (χ1n) is 7.36. The monoisotopic (exact) mass is 302 g/mol. The van der Waals surface area contributed by atoms with Gasteiger partial charge < -0.3 is 15.3 Å². The molecule has 0 bridgehead atoms. The lowest BCUT2D eigenvalue weighted by Gasteiger charge is -2.05. The molecular weight excluding hydrogens is 280 g/mol. The zero-order valence-corrected chi connectivity index (χ0v) is 12.7. The largest absolute Gasteiger partial charge is 0.507 e. The quantitative estimate of drug-likeness (QED) is 0.375. The van der Waals surface area contributed by atoms with E-state index in [2.05, 4.69) is 13.0 Å². The van der Waals surface area contributed by atoms with Crippen molar-refractivity contribution in [3.05, 3.63) is 53.6 Å². The molecule has 0 unspecified atom stereocenters. The number of rotatable bonds is 8. The molecule has 0 spiro atoms. The normalized spacial score (nSPS) is 11.9. The van der Waals surface area contributed by atoms with Crippen molar-refractivity contribution in [3.63, 3.8) is 0 Å². The standard InChI is InChI=1S/C18H22O4/c1-2-3-4-5-6-7-8-9-10-11-14-15(19)12-13-16(20)17(14)18(21)22/h6-13,19-20H,2-5H2,1H3,(H,21,22)/b7-6+,9-8+,11-10+. The van der Waals surface area contributed by atoms with Crippen molar-refractivity contribution >= 4 is 12.0 Å². The Balaban J connectivity index is 2.71. The van der Waals surface area contributed by atoms with Crippen molar-refractivity contribution < 1.29 is 20.1 Å². The van der Waals surface area contributed by atoms with Crippen LogP contribution in [0.2, 0.25) is 0 Å². The van der Waals surface area contributed by atoms with Gasteiger partial charge in [-0.25, -0.2) is 4.79 Å². The maximum absolute atomic E-state index is 11.1. The van der Waals surface area contributed by atoms with Gasteiger partial charge in [0.1, 0.15) is 17.1 Å². The van der Waals surface area contributed by atoms with Crippen LogP contribution in [0, 0.1) is 0 Å². The highest BCUT2D eigenvalue weighted by Gasteiger charge is 2.16. The number of carboxylic acids is 1. The van der Waals surface area contributed by atoms with E-state index >= 15 is 0 Å². The first-order valence-corrected chi connectivity index (χ1v) is 7.36. The molecule has 0 saturated carbocycles. The number of allylic oxidation sites excluding steroid dienone is 5. The van der Waals surface area contributed by atoms with E-state index in [-0.39, 0.29) is 22.6 Å². The molecule has 0 amide bonds. The van der Waals surface area contributed by atoms with Crippen LogP contribution in [0.5, 0.6) is 11.5 Å². The predicted molar refractivity (Wildman–Crippen MR) is 88.2 cm³/mol. The number of aromatic carboxylic acids is 1. The lowest BCUT2D eigenvalue weighted by Crippen LogP contribution is -2.00. The summed E-state index contributed by atoms with van der Waals surface area (Å²) in [5.41, 5.74) is -0.219. The van der Waals surface area contributed by atoms with Crippen LogP contribution in [-0.4, -0.2) is 21.3 Å². The van der Waals surface area contributed by atoms with E-state index in [4.69, 9.17) is 5.11 Å². The van der Waals surface area contributed by atoms with Crippen molar-refractivity contribution in [3.8, 4) is 11.5 Å². The topological polar surface area (TPSA) is 77.8 Å². The number of aromatic hydroxyl groups is 2. The summed E-state index contributed by atoms with van der Waals surface area (Å²) < 4.78 is 0. The SMILES string of the molecule is CCCCC/C=C/C=C/C=C/c1c(O)ccc(O)c1C(=O)O. The molecule has 1 aromatic rings. The van der Waals surface area contributed by atoms with Crippen LogP contribution in [0.25, 0.3) is 6.08 Å². The highest BCUT2D eigenvalue weighted by atomic mass is 16.4. The molecule has 3 N–H and O–H groups in total. The Morgan fingerprint density at radius 1 is 1.05 bits per heavy atom. The molecule has 1 aromatic carbocycles. The fourth-order valence-electron chi connectivity index (χ4n) is 1.96. The van der Waals surface area contributed by atoms with E-state index < -0.39 is 5.97 Å². The number of hydrogen-bond acceptors (Lipinski definition) is 3. The van der Waals surface area contributed by atoms with Crippen LogP contribution in [0.15, 0.2) is 42.5 Å². The number of carboxylic acid groups (broad SMARTS) is 1. The summed E-state index contributed by atoms with van der Waals surface area (Å²) in [5.74, 6) is -1.84. The molecule has 118 valence electrons. The van der Waals surface area contributed by atoms with Gasteiger partial charge in [-0.15, -0.1) is 0 Å². The van der Waals surface area contributed by atoms with Crippen molar-refractivity contribution in [2.75, 3.05) is 0 Å². The Bertz CT molecular complexity index is 583. The zero-order valence-electron chi connectivity index (χ0n) is 12.7. The van der Waals surface area contributed by atoms with Gasteiger partial charge in [0.25, 0.3) is 0 Å². The lowest BCUT2D eigenvalue weighted by molar-refractivity contribution is 0.0693. The van der Waals surface area contributed by atoms with Crippen LogP contribution in [-0.2, 0) is 0 Å². The summed E-state index contributed by atoms with van der Waals surface area (Å²) >= 11 is 0. The Kier molecular flexibility index (Phi) is 7.54. The minimum Gasteiger partial charge on any atom is -0.507 e. The van der Waals surface area contributed by atoms with Crippen LogP contribution in [0.1, 0.15) is 48.5 Å². The molecule has 0 aliphatic rings. The second kappa shape index (κ2) is 9.45. The first kappa shape index (κ1) is 17.6. The summed E-state index contributed by atoms with van der Waals surface area (Å²) in [6, 6.07) is 2.42. The smallest absolute Gasteiger partial charge is 0.340 e. The molecule has 0 atom stereocenters. The third-order valence-corrected chi connectivity index (χ3v) is 3.12. The molecule has 4 heteroatoms. The molecule has 0 aliphatic carbocycles. The number of unbranched alkanes of at least 4 members (excludes halogenated alkanes) is 3. The van der Waals surface area contributed by atoms with E-state index in [1.54, 1.807) is 12.2 Å². The number of phenols is 2. The fourth-order valence-corrected chi connectivity index (χ4v) is 1.96. The minimum absolute atomic E-state index is 0.0871. The van der Waals surface area contributed by atoms with Gasteiger partial charge in [0.05, 0.1) is 0 Å².